The predicted molar refractivity (Wildman–Crippen MR) is 145 cm³/mol. The highest BCUT2D eigenvalue weighted by Gasteiger charge is 2.33. The van der Waals surface area contributed by atoms with Crippen LogP contribution in [0.15, 0.2) is 66.0 Å². The number of hydrogen-bond donors (Lipinski definition) is 0. The highest BCUT2D eigenvalue weighted by molar-refractivity contribution is 7.10. The van der Waals surface area contributed by atoms with Crippen LogP contribution in [0.3, 0.4) is 0 Å². The van der Waals surface area contributed by atoms with Crippen LogP contribution in [0.5, 0.6) is 5.75 Å². The molecule has 0 radical (unpaired) electrons. The van der Waals surface area contributed by atoms with Crippen molar-refractivity contribution in [1.29, 1.82) is 0 Å². The minimum atomic E-state index is -0.162. The molecule has 1 aromatic heterocycles. The van der Waals surface area contributed by atoms with Gasteiger partial charge < -0.3 is 14.5 Å². The number of thiophene rings is 1. The third kappa shape index (κ3) is 6.76. The number of fused-ring (bicyclic) bond motifs is 1. The summed E-state index contributed by atoms with van der Waals surface area (Å²) in [5, 5.41) is 2.09. The molecule has 0 saturated carbocycles. The zero-order valence-electron chi connectivity index (χ0n) is 21.5. The lowest BCUT2D eigenvalue weighted by atomic mass is 10.00. The van der Waals surface area contributed by atoms with Crippen molar-refractivity contribution >= 4 is 23.2 Å². The van der Waals surface area contributed by atoms with Crippen LogP contribution in [0.1, 0.15) is 47.9 Å². The van der Waals surface area contributed by atoms with Gasteiger partial charge in [0.25, 0.3) is 0 Å². The molecule has 190 valence electrons. The fourth-order valence-corrected chi connectivity index (χ4v) is 5.45. The molecule has 2 aromatic carbocycles. The molecule has 5 nitrogen and oxygen atoms in total. The summed E-state index contributed by atoms with van der Waals surface area (Å²) in [4.78, 5) is 31.9. The number of amides is 2. The zero-order valence-corrected chi connectivity index (χ0v) is 22.3. The SMILES string of the molecule is Cc1ccc(OCC2c3ccsc3CCN2C(=O)CN(CCC(C)C)C(=O)Cc2ccccc2)cc1. The van der Waals surface area contributed by atoms with Crippen molar-refractivity contribution in [3.8, 4) is 5.75 Å². The number of hydrogen-bond acceptors (Lipinski definition) is 4. The van der Waals surface area contributed by atoms with E-state index in [2.05, 4.69) is 25.3 Å². The molecule has 1 aliphatic rings. The minimum Gasteiger partial charge on any atom is -0.491 e. The molecule has 2 amide bonds. The third-order valence-corrected chi connectivity index (χ3v) is 7.69. The molecule has 1 unspecified atom stereocenters. The van der Waals surface area contributed by atoms with E-state index in [1.807, 2.05) is 66.4 Å². The standard InChI is InChI=1S/C30H36N2O3S/c1-22(2)13-16-31(29(33)19-24-7-5-4-6-8-24)20-30(34)32-17-14-28-26(15-18-36-28)27(32)21-35-25-11-9-23(3)10-12-25/h4-12,15,18,22,27H,13-14,16-17,19-21H2,1-3H3. The van der Waals surface area contributed by atoms with Crippen molar-refractivity contribution in [2.75, 3.05) is 26.2 Å². The quantitative estimate of drug-likeness (QED) is 0.357. The molecule has 0 spiro atoms. The average Bonchev–Trinajstić information content (AvgIpc) is 3.35. The molecular weight excluding hydrogens is 468 g/mol. The number of nitrogens with zero attached hydrogens (tertiary/aromatic N) is 2. The molecule has 36 heavy (non-hydrogen) atoms. The lowest BCUT2D eigenvalue weighted by molar-refractivity contribution is -0.142. The Morgan fingerprint density at radius 2 is 1.83 bits per heavy atom. The molecule has 0 bridgehead atoms. The Kier molecular flexibility index (Phi) is 8.81. The number of benzene rings is 2. The first-order valence-corrected chi connectivity index (χ1v) is 13.7. The van der Waals surface area contributed by atoms with E-state index < -0.39 is 0 Å². The van der Waals surface area contributed by atoms with Crippen LogP contribution in [0.4, 0.5) is 0 Å². The number of aryl methyl sites for hydroxylation is 1. The maximum absolute atomic E-state index is 13.7. The van der Waals surface area contributed by atoms with Crippen molar-refractivity contribution < 1.29 is 14.3 Å². The van der Waals surface area contributed by atoms with Crippen LogP contribution in [-0.4, -0.2) is 47.9 Å². The summed E-state index contributed by atoms with van der Waals surface area (Å²) >= 11 is 1.74. The molecule has 2 heterocycles. The van der Waals surface area contributed by atoms with Crippen molar-refractivity contribution in [3.63, 3.8) is 0 Å². The lowest BCUT2D eigenvalue weighted by Gasteiger charge is -2.37. The highest BCUT2D eigenvalue weighted by atomic mass is 32.1. The molecular formula is C30H36N2O3S. The second kappa shape index (κ2) is 12.2. The lowest BCUT2D eigenvalue weighted by Crippen LogP contribution is -2.48. The second-order valence-electron chi connectivity index (χ2n) is 9.94. The summed E-state index contributed by atoms with van der Waals surface area (Å²) in [5.41, 5.74) is 3.31. The summed E-state index contributed by atoms with van der Waals surface area (Å²) < 4.78 is 6.15. The Bertz CT molecular complexity index is 1140. The van der Waals surface area contributed by atoms with E-state index in [0.29, 0.717) is 32.0 Å². The number of rotatable bonds is 10. The zero-order chi connectivity index (χ0) is 25.5. The molecule has 0 saturated heterocycles. The fourth-order valence-electron chi connectivity index (χ4n) is 4.53. The molecule has 6 heteroatoms. The average molecular weight is 505 g/mol. The van der Waals surface area contributed by atoms with Gasteiger partial charge in [-0.3, -0.25) is 9.59 Å². The molecule has 0 N–H and O–H groups in total. The molecule has 3 aromatic rings. The van der Waals surface area contributed by atoms with Gasteiger partial charge in [0, 0.05) is 18.0 Å². The predicted octanol–water partition coefficient (Wildman–Crippen LogP) is 5.68. The Morgan fingerprint density at radius 3 is 2.56 bits per heavy atom. The van der Waals surface area contributed by atoms with Gasteiger partial charge in [-0.25, -0.2) is 0 Å². The van der Waals surface area contributed by atoms with Crippen LogP contribution in [-0.2, 0) is 22.4 Å². The molecule has 4 rings (SSSR count). The summed E-state index contributed by atoms with van der Waals surface area (Å²) in [6.45, 7) is 8.04. The summed E-state index contributed by atoms with van der Waals surface area (Å²) in [5.74, 6) is 1.23. The van der Waals surface area contributed by atoms with Gasteiger partial charge >= 0.3 is 0 Å². The number of ether oxygens (including phenoxy) is 1. The van der Waals surface area contributed by atoms with Crippen molar-refractivity contribution in [2.45, 2.75) is 46.1 Å². The van der Waals surface area contributed by atoms with Crippen LogP contribution in [0.25, 0.3) is 0 Å². The van der Waals surface area contributed by atoms with Gasteiger partial charge in [0.2, 0.25) is 11.8 Å². The first-order valence-electron chi connectivity index (χ1n) is 12.8. The normalized spacial score (nSPS) is 15.0. The van der Waals surface area contributed by atoms with Gasteiger partial charge in [-0.05, 0) is 60.4 Å². The van der Waals surface area contributed by atoms with Gasteiger partial charge in [-0.2, -0.15) is 0 Å². The Labute approximate surface area is 218 Å². The van der Waals surface area contributed by atoms with Gasteiger partial charge in [0.15, 0.2) is 0 Å². The van der Waals surface area contributed by atoms with E-state index in [0.717, 1.165) is 29.7 Å². The largest absolute Gasteiger partial charge is 0.491 e. The van der Waals surface area contributed by atoms with E-state index in [1.54, 1.807) is 16.2 Å². The third-order valence-electron chi connectivity index (χ3n) is 6.70. The Balaban J connectivity index is 1.49. The molecule has 1 aliphatic heterocycles. The van der Waals surface area contributed by atoms with Crippen molar-refractivity contribution in [2.24, 2.45) is 5.92 Å². The number of carbonyl (C=O) groups excluding carboxylic acids is 2. The van der Waals surface area contributed by atoms with E-state index in [1.165, 1.54) is 10.4 Å². The van der Waals surface area contributed by atoms with Gasteiger partial charge in [-0.15, -0.1) is 11.3 Å². The maximum atomic E-state index is 13.7. The van der Waals surface area contributed by atoms with Crippen LogP contribution >= 0.6 is 11.3 Å². The first-order chi connectivity index (χ1) is 17.4. The molecule has 1 atom stereocenters. The van der Waals surface area contributed by atoms with Crippen LogP contribution in [0, 0.1) is 12.8 Å². The van der Waals surface area contributed by atoms with Gasteiger partial charge in [0.1, 0.15) is 12.4 Å². The Morgan fingerprint density at radius 1 is 1.08 bits per heavy atom. The Hall–Kier alpha value is -3.12. The monoisotopic (exact) mass is 504 g/mol. The van der Waals surface area contributed by atoms with Crippen molar-refractivity contribution in [1.82, 2.24) is 9.80 Å². The van der Waals surface area contributed by atoms with Crippen LogP contribution in [0.2, 0.25) is 0 Å². The summed E-state index contributed by atoms with van der Waals surface area (Å²) in [6, 6.07) is 19.7. The van der Waals surface area contributed by atoms with Gasteiger partial charge in [0.05, 0.1) is 19.0 Å². The molecule has 0 aliphatic carbocycles. The first kappa shape index (κ1) is 26.0. The van der Waals surface area contributed by atoms with Crippen molar-refractivity contribution in [3.05, 3.63) is 87.6 Å². The second-order valence-corrected chi connectivity index (χ2v) is 10.9. The van der Waals surface area contributed by atoms with E-state index in [4.69, 9.17) is 4.74 Å². The van der Waals surface area contributed by atoms with E-state index in [9.17, 15) is 9.59 Å². The fraction of sp³-hybridized carbons (Fsp3) is 0.400. The maximum Gasteiger partial charge on any atom is 0.242 e. The highest BCUT2D eigenvalue weighted by Crippen LogP contribution is 2.34. The van der Waals surface area contributed by atoms with E-state index >= 15 is 0 Å². The summed E-state index contributed by atoms with van der Waals surface area (Å²) in [7, 11) is 0. The van der Waals surface area contributed by atoms with Crippen LogP contribution < -0.4 is 4.74 Å². The number of carbonyl (C=O) groups is 2. The van der Waals surface area contributed by atoms with Gasteiger partial charge in [-0.1, -0.05) is 61.9 Å². The molecule has 0 fully saturated rings. The summed E-state index contributed by atoms with van der Waals surface area (Å²) in [6.07, 6.45) is 2.01. The van der Waals surface area contributed by atoms with E-state index in [-0.39, 0.29) is 24.4 Å². The smallest absolute Gasteiger partial charge is 0.242 e. The topological polar surface area (TPSA) is 49.9 Å². The minimum absolute atomic E-state index is 0.00381.